The molecule has 0 fully saturated rings. The summed E-state index contributed by atoms with van der Waals surface area (Å²) in [5.74, 6) is -0.0460. The van der Waals surface area contributed by atoms with E-state index in [0.29, 0.717) is 17.1 Å². The fourth-order valence-corrected chi connectivity index (χ4v) is 2.10. The zero-order valence-electron chi connectivity index (χ0n) is 14.6. The lowest BCUT2D eigenvalue weighted by Gasteiger charge is -2.12. The number of hydrogen-bond acceptors (Lipinski definition) is 7. The van der Waals surface area contributed by atoms with Crippen molar-refractivity contribution >= 4 is 41.0 Å². The highest BCUT2D eigenvalue weighted by atomic mass is 35.5. The number of nitrogens with zero attached hydrogens (tertiary/aromatic N) is 3. The molecule has 27 heavy (non-hydrogen) atoms. The van der Waals surface area contributed by atoms with Crippen LogP contribution in [0.2, 0.25) is 5.02 Å². The lowest BCUT2D eigenvalue weighted by Crippen LogP contribution is -2.08. The van der Waals surface area contributed by atoms with Crippen molar-refractivity contribution in [2.24, 2.45) is 10.7 Å². The molecule has 0 bridgehead atoms. The molecule has 0 aliphatic rings. The molecular weight excluding hydrogens is 369 g/mol. The molecule has 7 nitrogen and oxygen atoms in total. The highest BCUT2D eigenvalue weighted by molar-refractivity contribution is 6.32. The molecule has 1 aromatic carbocycles. The van der Waals surface area contributed by atoms with Gasteiger partial charge < -0.3 is 21.7 Å². The Morgan fingerprint density at radius 3 is 2.78 bits per heavy atom. The SMILES string of the molecule is C=CC(=C)Nc1ccc(Nc2nc(N/C(C=NC)=C/N)ncc2Cl)c(F)c1. The summed E-state index contributed by atoms with van der Waals surface area (Å²) in [6.45, 7) is 7.31. The Morgan fingerprint density at radius 1 is 1.37 bits per heavy atom. The second-order valence-corrected chi connectivity index (χ2v) is 5.61. The molecule has 0 atom stereocenters. The molecule has 0 spiro atoms. The van der Waals surface area contributed by atoms with Gasteiger partial charge in [-0.15, -0.1) is 0 Å². The van der Waals surface area contributed by atoms with Gasteiger partial charge in [-0.05, 0) is 24.3 Å². The molecule has 9 heteroatoms. The molecule has 2 aromatic rings. The topological polar surface area (TPSA) is 100 Å². The summed E-state index contributed by atoms with van der Waals surface area (Å²) < 4.78 is 14.4. The Labute approximate surface area is 161 Å². The number of hydrogen-bond donors (Lipinski definition) is 4. The first-order valence-electron chi connectivity index (χ1n) is 7.75. The van der Waals surface area contributed by atoms with Gasteiger partial charge in [-0.3, -0.25) is 4.99 Å². The fourth-order valence-electron chi connectivity index (χ4n) is 1.96. The van der Waals surface area contributed by atoms with E-state index in [9.17, 15) is 4.39 Å². The van der Waals surface area contributed by atoms with Gasteiger partial charge in [0.05, 0.1) is 17.6 Å². The van der Waals surface area contributed by atoms with Crippen LogP contribution in [0.25, 0.3) is 0 Å². The smallest absolute Gasteiger partial charge is 0.229 e. The van der Waals surface area contributed by atoms with E-state index in [1.54, 1.807) is 19.2 Å². The Kier molecular flexibility index (Phi) is 6.90. The van der Waals surface area contributed by atoms with Gasteiger partial charge in [-0.1, -0.05) is 24.8 Å². The van der Waals surface area contributed by atoms with Gasteiger partial charge in [-0.2, -0.15) is 4.98 Å². The zero-order valence-corrected chi connectivity index (χ0v) is 15.4. The summed E-state index contributed by atoms with van der Waals surface area (Å²) >= 11 is 6.11. The van der Waals surface area contributed by atoms with Gasteiger partial charge in [0.2, 0.25) is 5.95 Å². The average molecular weight is 388 g/mol. The van der Waals surface area contributed by atoms with Crippen molar-refractivity contribution in [3.8, 4) is 0 Å². The van der Waals surface area contributed by atoms with E-state index in [2.05, 4.69) is 44.1 Å². The minimum Gasteiger partial charge on any atom is -0.403 e. The number of allylic oxidation sites excluding steroid dienone is 2. The van der Waals surface area contributed by atoms with Crippen LogP contribution in [0.4, 0.5) is 27.5 Å². The third-order valence-corrected chi connectivity index (χ3v) is 3.50. The second kappa shape index (κ2) is 9.35. The largest absolute Gasteiger partial charge is 0.403 e. The summed E-state index contributed by atoms with van der Waals surface area (Å²) in [7, 11) is 1.60. The van der Waals surface area contributed by atoms with Gasteiger partial charge in [0.1, 0.15) is 10.8 Å². The Bertz CT molecular complexity index is 909. The summed E-state index contributed by atoms with van der Waals surface area (Å²) in [4.78, 5) is 12.1. The standard InChI is InChI=1S/C18H19ClFN7/c1-4-11(2)24-12-5-6-16(15(20)7-12)26-17-14(19)10-23-18(27-17)25-13(8-21)9-22-3/h4-10,24H,1-2,21H2,3H3,(H2,23,25,26,27)/b13-8+,22-9?. The number of aromatic nitrogens is 2. The molecule has 140 valence electrons. The molecular formula is C18H19ClFN7. The van der Waals surface area contributed by atoms with E-state index in [4.69, 9.17) is 17.3 Å². The van der Waals surface area contributed by atoms with Gasteiger partial charge >= 0.3 is 0 Å². The maximum absolute atomic E-state index is 14.4. The van der Waals surface area contributed by atoms with Crippen molar-refractivity contribution in [1.29, 1.82) is 0 Å². The predicted molar refractivity (Wildman–Crippen MR) is 110 cm³/mol. The number of rotatable bonds is 8. The second-order valence-electron chi connectivity index (χ2n) is 5.20. The molecule has 0 aliphatic carbocycles. The van der Waals surface area contributed by atoms with Crippen LogP contribution in [-0.2, 0) is 0 Å². The molecule has 0 amide bonds. The van der Waals surface area contributed by atoms with Crippen LogP contribution < -0.4 is 21.7 Å². The van der Waals surface area contributed by atoms with Crippen LogP contribution in [0.1, 0.15) is 0 Å². The monoisotopic (exact) mass is 387 g/mol. The van der Waals surface area contributed by atoms with Crippen LogP contribution in [0.15, 0.2) is 66.2 Å². The van der Waals surface area contributed by atoms with Crippen molar-refractivity contribution in [3.05, 3.63) is 72.1 Å². The summed E-state index contributed by atoms with van der Waals surface area (Å²) in [6, 6.07) is 4.55. The Morgan fingerprint density at radius 2 is 2.15 bits per heavy atom. The van der Waals surface area contributed by atoms with Crippen molar-refractivity contribution in [2.45, 2.75) is 0 Å². The molecule has 0 saturated carbocycles. The summed E-state index contributed by atoms with van der Waals surface area (Å²) in [5.41, 5.74) is 7.28. The first-order chi connectivity index (χ1) is 13.0. The molecule has 0 radical (unpaired) electrons. The van der Waals surface area contributed by atoms with Crippen LogP contribution in [0.5, 0.6) is 0 Å². The third kappa shape index (κ3) is 5.55. The predicted octanol–water partition coefficient (Wildman–Crippen LogP) is 4.04. The fraction of sp³-hybridized carbons (Fsp3) is 0.0556. The van der Waals surface area contributed by atoms with E-state index in [0.717, 1.165) is 0 Å². The molecule has 1 heterocycles. The molecule has 0 unspecified atom stereocenters. The van der Waals surface area contributed by atoms with E-state index in [1.807, 2.05) is 0 Å². The number of halogens is 2. The summed E-state index contributed by atoms with van der Waals surface area (Å²) in [5, 5.41) is 8.86. The molecule has 0 saturated heterocycles. The maximum atomic E-state index is 14.4. The van der Waals surface area contributed by atoms with E-state index in [1.165, 1.54) is 30.8 Å². The highest BCUT2D eigenvalue weighted by Gasteiger charge is 2.10. The lowest BCUT2D eigenvalue weighted by atomic mass is 10.2. The minimum absolute atomic E-state index is 0.195. The Hall–Kier alpha value is -3.39. The van der Waals surface area contributed by atoms with Gasteiger partial charge in [0.15, 0.2) is 5.82 Å². The molecule has 2 rings (SSSR count). The van der Waals surface area contributed by atoms with Gasteiger partial charge in [-0.25, -0.2) is 9.37 Å². The van der Waals surface area contributed by atoms with Crippen molar-refractivity contribution < 1.29 is 4.39 Å². The third-order valence-electron chi connectivity index (χ3n) is 3.22. The maximum Gasteiger partial charge on any atom is 0.229 e. The summed E-state index contributed by atoms with van der Waals surface area (Å²) in [6.07, 6.45) is 5.75. The van der Waals surface area contributed by atoms with Crippen LogP contribution in [0.3, 0.4) is 0 Å². The number of nitrogens with one attached hydrogen (secondary N) is 3. The molecule has 0 aliphatic heterocycles. The Balaban J connectivity index is 2.22. The number of aliphatic imine (C=N–C) groups is 1. The van der Waals surface area contributed by atoms with E-state index < -0.39 is 5.82 Å². The van der Waals surface area contributed by atoms with Crippen LogP contribution in [-0.4, -0.2) is 23.2 Å². The number of nitrogens with two attached hydrogens (primary N) is 1. The molecule has 1 aromatic heterocycles. The number of benzene rings is 1. The zero-order chi connectivity index (χ0) is 19.8. The van der Waals surface area contributed by atoms with Crippen molar-refractivity contribution in [2.75, 3.05) is 23.0 Å². The van der Waals surface area contributed by atoms with Crippen LogP contribution >= 0.6 is 11.6 Å². The van der Waals surface area contributed by atoms with E-state index >= 15 is 0 Å². The quantitative estimate of drug-likeness (QED) is 0.403. The minimum atomic E-state index is -0.498. The number of anilines is 4. The van der Waals surface area contributed by atoms with Gasteiger partial charge in [0, 0.05) is 30.8 Å². The lowest BCUT2D eigenvalue weighted by molar-refractivity contribution is 0.632. The van der Waals surface area contributed by atoms with E-state index in [-0.39, 0.29) is 22.5 Å². The average Bonchev–Trinajstić information content (AvgIpc) is 2.65. The first kappa shape index (κ1) is 19.9. The van der Waals surface area contributed by atoms with Crippen molar-refractivity contribution in [3.63, 3.8) is 0 Å². The first-order valence-corrected chi connectivity index (χ1v) is 8.13. The van der Waals surface area contributed by atoms with Crippen molar-refractivity contribution in [1.82, 2.24) is 9.97 Å². The molecule has 5 N–H and O–H groups in total. The highest BCUT2D eigenvalue weighted by Crippen LogP contribution is 2.27. The van der Waals surface area contributed by atoms with Crippen LogP contribution in [0, 0.1) is 5.82 Å². The normalized spacial score (nSPS) is 11.3. The van der Waals surface area contributed by atoms with Gasteiger partial charge in [0.25, 0.3) is 0 Å².